The van der Waals surface area contributed by atoms with Crippen LogP contribution in [0, 0.1) is 5.41 Å². The standard InChI is InChI=1S/C28H33Cl3O3/c1-19(9-8-10-20(2)17-26(32)33)13-15-23-21(3)14-16-24(27(23,4)5)22-11-6-7-12-25(22)34-18-28(29,30)31/h6-13,15,17,24H,14,16,18H2,1-5H3,(H,32,33)/b10-8+,15-13+,19-9+,20-17+. The zero-order valence-electron chi connectivity index (χ0n) is 20.4. The monoisotopic (exact) mass is 522 g/mol. The third-order valence-corrected chi connectivity index (χ3v) is 6.43. The van der Waals surface area contributed by atoms with Crippen molar-refractivity contribution in [3.8, 4) is 5.75 Å². The molecule has 1 aliphatic carbocycles. The molecule has 1 atom stereocenters. The van der Waals surface area contributed by atoms with Crippen molar-refractivity contribution in [3.63, 3.8) is 0 Å². The van der Waals surface area contributed by atoms with Crippen molar-refractivity contribution in [2.45, 2.75) is 57.2 Å². The van der Waals surface area contributed by atoms with Gasteiger partial charge in [0.1, 0.15) is 12.4 Å². The molecule has 0 aliphatic heterocycles. The van der Waals surface area contributed by atoms with Gasteiger partial charge in [-0.05, 0) is 67.7 Å². The SMILES string of the molecule is CC1=C(/C=C/C(C)=C/C=C/C(C)=C/C(=O)O)C(C)(C)C(c2ccccc2OCC(Cl)(Cl)Cl)CC1. The normalized spacial score (nSPS) is 19.8. The van der Waals surface area contributed by atoms with Crippen molar-refractivity contribution in [1.29, 1.82) is 0 Å². The lowest BCUT2D eigenvalue weighted by atomic mass is 9.63. The summed E-state index contributed by atoms with van der Waals surface area (Å²) in [7, 11) is 0. The van der Waals surface area contributed by atoms with E-state index in [1.165, 1.54) is 17.2 Å². The van der Waals surface area contributed by atoms with E-state index >= 15 is 0 Å². The van der Waals surface area contributed by atoms with Crippen LogP contribution in [-0.4, -0.2) is 21.5 Å². The number of para-hydroxylation sites is 1. The van der Waals surface area contributed by atoms with Crippen LogP contribution in [0.25, 0.3) is 0 Å². The van der Waals surface area contributed by atoms with E-state index in [4.69, 9.17) is 44.6 Å². The fourth-order valence-electron chi connectivity index (χ4n) is 4.42. The topological polar surface area (TPSA) is 46.5 Å². The van der Waals surface area contributed by atoms with Gasteiger partial charge in [0.25, 0.3) is 0 Å². The lowest BCUT2D eigenvalue weighted by Gasteiger charge is -2.42. The first-order chi connectivity index (χ1) is 15.8. The lowest BCUT2D eigenvalue weighted by molar-refractivity contribution is -0.131. The van der Waals surface area contributed by atoms with E-state index in [9.17, 15) is 4.79 Å². The second-order valence-electron chi connectivity index (χ2n) is 9.28. The van der Waals surface area contributed by atoms with E-state index in [0.29, 0.717) is 5.57 Å². The predicted molar refractivity (Wildman–Crippen MR) is 144 cm³/mol. The molecule has 1 unspecified atom stereocenters. The van der Waals surface area contributed by atoms with E-state index in [2.05, 4.69) is 39.0 Å². The van der Waals surface area contributed by atoms with Gasteiger partial charge in [-0.2, -0.15) is 0 Å². The number of carbonyl (C=O) groups is 1. The molecule has 0 heterocycles. The summed E-state index contributed by atoms with van der Waals surface area (Å²) in [6.45, 7) is 10.5. The zero-order valence-corrected chi connectivity index (χ0v) is 22.6. The fraction of sp³-hybridized carbons (Fsp3) is 0.393. The van der Waals surface area contributed by atoms with Crippen LogP contribution >= 0.6 is 34.8 Å². The van der Waals surface area contributed by atoms with Crippen molar-refractivity contribution in [2.24, 2.45) is 5.41 Å². The van der Waals surface area contributed by atoms with Crippen molar-refractivity contribution in [1.82, 2.24) is 0 Å². The quantitative estimate of drug-likeness (QED) is 0.210. The van der Waals surface area contributed by atoms with Crippen molar-refractivity contribution in [3.05, 3.63) is 88.6 Å². The molecule has 34 heavy (non-hydrogen) atoms. The van der Waals surface area contributed by atoms with E-state index in [-0.39, 0.29) is 17.9 Å². The fourth-order valence-corrected chi connectivity index (χ4v) is 4.58. The Labute approximate surface area is 218 Å². The molecule has 184 valence electrons. The number of ether oxygens (including phenoxy) is 1. The van der Waals surface area contributed by atoms with Gasteiger partial charge >= 0.3 is 5.97 Å². The number of hydrogen-bond acceptors (Lipinski definition) is 2. The van der Waals surface area contributed by atoms with Crippen LogP contribution < -0.4 is 4.74 Å². The Morgan fingerprint density at radius 1 is 1.18 bits per heavy atom. The molecule has 1 aliphatic rings. The van der Waals surface area contributed by atoms with Gasteiger partial charge in [0.05, 0.1) is 0 Å². The second kappa shape index (κ2) is 12.2. The Hall–Kier alpha value is -1.94. The number of allylic oxidation sites excluding steroid dienone is 9. The number of aliphatic carboxylic acids is 1. The number of carboxylic acid groups (broad SMARTS) is 1. The summed E-state index contributed by atoms with van der Waals surface area (Å²) < 4.78 is 4.44. The number of halogens is 3. The van der Waals surface area contributed by atoms with E-state index in [1.54, 1.807) is 13.0 Å². The molecular weight excluding hydrogens is 491 g/mol. The third kappa shape index (κ3) is 8.37. The minimum Gasteiger partial charge on any atom is -0.489 e. The molecule has 0 amide bonds. The Balaban J connectivity index is 2.28. The van der Waals surface area contributed by atoms with E-state index < -0.39 is 9.76 Å². The molecule has 6 heteroatoms. The van der Waals surface area contributed by atoms with Crippen molar-refractivity contribution >= 4 is 40.8 Å². The molecule has 1 aromatic rings. The maximum atomic E-state index is 10.7. The Bertz CT molecular complexity index is 1040. The summed E-state index contributed by atoms with van der Waals surface area (Å²) in [6, 6.07) is 7.99. The minimum absolute atomic E-state index is 0.0118. The van der Waals surface area contributed by atoms with Crippen LogP contribution in [0.15, 0.2) is 83.0 Å². The molecule has 0 saturated heterocycles. The predicted octanol–water partition coefficient (Wildman–Crippen LogP) is 8.75. The molecule has 0 bridgehead atoms. The molecular formula is C28H33Cl3O3. The van der Waals surface area contributed by atoms with Crippen LogP contribution in [0.1, 0.15) is 58.9 Å². The number of carboxylic acids is 1. The van der Waals surface area contributed by atoms with E-state index in [0.717, 1.165) is 29.7 Å². The van der Waals surface area contributed by atoms with Crippen molar-refractivity contribution in [2.75, 3.05) is 6.61 Å². The van der Waals surface area contributed by atoms with Gasteiger partial charge in [0.2, 0.25) is 3.79 Å². The summed E-state index contributed by atoms with van der Waals surface area (Å²) in [5.74, 6) is 0.0507. The molecule has 3 nitrogen and oxygen atoms in total. The number of benzene rings is 1. The first kappa shape index (κ1) is 28.3. The third-order valence-electron chi connectivity index (χ3n) is 6.10. The highest BCUT2D eigenvalue weighted by Crippen LogP contribution is 2.52. The Kier molecular flexibility index (Phi) is 10.1. The zero-order chi connectivity index (χ0) is 25.5. The van der Waals surface area contributed by atoms with Gasteiger partial charge in [-0.3, -0.25) is 0 Å². The highest BCUT2D eigenvalue weighted by Gasteiger charge is 2.38. The average molecular weight is 524 g/mol. The summed E-state index contributed by atoms with van der Waals surface area (Å²) in [4.78, 5) is 10.7. The molecule has 0 radical (unpaired) electrons. The summed E-state index contributed by atoms with van der Waals surface area (Å²) in [5, 5.41) is 8.81. The summed E-state index contributed by atoms with van der Waals surface area (Å²) >= 11 is 17.7. The van der Waals surface area contributed by atoms with Crippen LogP contribution in [0.5, 0.6) is 5.75 Å². The van der Waals surface area contributed by atoms with Crippen LogP contribution in [0.4, 0.5) is 0 Å². The number of rotatable bonds is 8. The summed E-state index contributed by atoms with van der Waals surface area (Å²) in [6.07, 6.45) is 13.1. The van der Waals surface area contributed by atoms with Crippen LogP contribution in [-0.2, 0) is 4.79 Å². The van der Waals surface area contributed by atoms with Crippen LogP contribution in [0.2, 0.25) is 0 Å². The van der Waals surface area contributed by atoms with Gasteiger partial charge in [0.15, 0.2) is 0 Å². The molecule has 0 aromatic heterocycles. The largest absolute Gasteiger partial charge is 0.489 e. The van der Waals surface area contributed by atoms with E-state index in [1.807, 2.05) is 37.3 Å². The second-order valence-corrected chi connectivity index (χ2v) is 11.8. The van der Waals surface area contributed by atoms with Crippen molar-refractivity contribution < 1.29 is 14.6 Å². The average Bonchev–Trinajstić information content (AvgIpc) is 2.71. The Morgan fingerprint density at radius 3 is 2.50 bits per heavy atom. The first-order valence-corrected chi connectivity index (χ1v) is 12.4. The number of alkyl halides is 3. The lowest BCUT2D eigenvalue weighted by Crippen LogP contribution is -2.29. The molecule has 0 fully saturated rings. The molecule has 1 aromatic carbocycles. The minimum atomic E-state index is -1.47. The van der Waals surface area contributed by atoms with Gasteiger partial charge in [0, 0.05) is 6.08 Å². The molecule has 1 N–H and O–H groups in total. The summed E-state index contributed by atoms with van der Waals surface area (Å²) in [5.41, 5.74) is 5.43. The Morgan fingerprint density at radius 2 is 1.85 bits per heavy atom. The highest BCUT2D eigenvalue weighted by molar-refractivity contribution is 6.67. The molecule has 0 spiro atoms. The highest BCUT2D eigenvalue weighted by atomic mass is 35.6. The van der Waals surface area contributed by atoms with Gasteiger partial charge in [-0.15, -0.1) is 0 Å². The smallest absolute Gasteiger partial charge is 0.328 e. The first-order valence-electron chi connectivity index (χ1n) is 11.2. The number of hydrogen-bond donors (Lipinski definition) is 1. The van der Waals surface area contributed by atoms with Gasteiger partial charge < -0.3 is 9.84 Å². The molecule has 2 rings (SSSR count). The van der Waals surface area contributed by atoms with Gasteiger partial charge in [-0.25, -0.2) is 4.79 Å². The molecule has 0 saturated carbocycles. The maximum Gasteiger partial charge on any atom is 0.328 e. The maximum absolute atomic E-state index is 10.7. The van der Waals surface area contributed by atoms with Crippen LogP contribution in [0.3, 0.4) is 0 Å². The van der Waals surface area contributed by atoms with Gasteiger partial charge in [-0.1, -0.05) is 108 Å².